The number of fused-ring (bicyclic) bond motifs is 3. The van der Waals surface area contributed by atoms with Crippen LogP contribution in [-0.4, -0.2) is 19.0 Å². The summed E-state index contributed by atoms with van der Waals surface area (Å²) in [6.07, 6.45) is 7.45. The van der Waals surface area contributed by atoms with Gasteiger partial charge in [0.05, 0.1) is 14.2 Å². The van der Waals surface area contributed by atoms with E-state index in [0.29, 0.717) is 0 Å². The van der Waals surface area contributed by atoms with Gasteiger partial charge in [0.2, 0.25) is 0 Å². The van der Waals surface area contributed by atoms with E-state index in [-0.39, 0.29) is 17.8 Å². The summed E-state index contributed by atoms with van der Waals surface area (Å²) in [7, 11) is -1.54. The SMILES string of the molecule is CC1(C)O[C@H]2c3c4c(c([Si](C)(C)C)c5c3[C@@]2(CCCC5)O1)CCCC4O. The Morgan fingerprint density at radius 2 is 1.73 bits per heavy atom. The standard InChI is InChI=1S/C22H32O3Si/c1-21(2)24-20-17-16-13(10-8-11-15(16)23)19(26(3,4)5)14-9-6-7-12-22(20,25-21)18(14)17/h15,20,23H,6-12H2,1-5H3/t15?,20-,22+/m0/s1. The Hall–Kier alpha value is -0.683. The largest absolute Gasteiger partial charge is 0.388 e. The van der Waals surface area contributed by atoms with E-state index in [0.717, 1.165) is 25.7 Å². The lowest BCUT2D eigenvalue weighted by Gasteiger charge is -2.49. The van der Waals surface area contributed by atoms with Gasteiger partial charge in [-0.1, -0.05) is 24.8 Å². The lowest BCUT2D eigenvalue weighted by atomic mass is 9.63. The Morgan fingerprint density at radius 1 is 1.00 bits per heavy atom. The van der Waals surface area contributed by atoms with Crippen molar-refractivity contribution in [1.82, 2.24) is 0 Å². The van der Waals surface area contributed by atoms with Gasteiger partial charge in [-0.15, -0.1) is 0 Å². The molecule has 1 spiro atoms. The van der Waals surface area contributed by atoms with Gasteiger partial charge in [0.1, 0.15) is 11.7 Å². The molecule has 26 heavy (non-hydrogen) atoms. The number of benzene rings is 1. The zero-order valence-electron chi connectivity index (χ0n) is 16.9. The van der Waals surface area contributed by atoms with Crippen molar-refractivity contribution in [2.45, 2.75) is 102 Å². The molecule has 1 aromatic rings. The maximum Gasteiger partial charge on any atom is 0.165 e. The summed E-state index contributed by atoms with van der Waals surface area (Å²) < 4.78 is 13.1. The van der Waals surface area contributed by atoms with Crippen LogP contribution < -0.4 is 5.19 Å². The van der Waals surface area contributed by atoms with E-state index >= 15 is 0 Å². The molecule has 142 valence electrons. The molecule has 1 aliphatic heterocycles. The Morgan fingerprint density at radius 3 is 2.46 bits per heavy atom. The van der Waals surface area contributed by atoms with Crippen molar-refractivity contribution in [2.24, 2.45) is 0 Å². The van der Waals surface area contributed by atoms with E-state index in [1.807, 2.05) is 13.8 Å². The number of hydrogen-bond acceptors (Lipinski definition) is 3. The summed E-state index contributed by atoms with van der Waals surface area (Å²) in [6.45, 7) is 11.5. The summed E-state index contributed by atoms with van der Waals surface area (Å²) in [5.41, 5.74) is 6.80. The van der Waals surface area contributed by atoms with Crippen LogP contribution in [-0.2, 0) is 27.9 Å². The zero-order chi connectivity index (χ0) is 18.5. The second-order valence-corrected chi connectivity index (χ2v) is 15.3. The average Bonchev–Trinajstić information content (AvgIpc) is 2.64. The second kappa shape index (κ2) is 5.22. The van der Waals surface area contributed by atoms with Gasteiger partial charge in [-0.05, 0) is 86.6 Å². The molecule has 3 nitrogen and oxygen atoms in total. The molecular weight excluding hydrogens is 340 g/mol. The Balaban J connectivity index is 1.86. The second-order valence-electron chi connectivity index (χ2n) is 10.3. The number of aliphatic hydroxyl groups excluding tert-OH is 1. The van der Waals surface area contributed by atoms with E-state index in [9.17, 15) is 5.11 Å². The summed E-state index contributed by atoms with van der Waals surface area (Å²) >= 11 is 0. The van der Waals surface area contributed by atoms with Crippen molar-refractivity contribution in [2.75, 3.05) is 0 Å². The fourth-order valence-corrected chi connectivity index (χ4v) is 8.68. The predicted molar refractivity (Wildman–Crippen MR) is 106 cm³/mol. The van der Waals surface area contributed by atoms with Crippen LogP contribution in [0.2, 0.25) is 19.6 Å². The maximum absolute atomic E-state index is 11.0. The van der Waals surface area contributed by atoms with Crippen LogP contribution in [0.5, 0.6) is 0 Å². The predicted octanol–water partition coefficient (Wildman–Crippen LogP) is 4.36. The molecule has 1 aromatic carbocycles. The first-order valence-corrected chi connectivity index (χ1v) is 13.9. The van der Waals surface area contributed by atoms with Gasteiger partial charge in [-0.3, -0.25) is 0 Å². The highest BCUT2D eigenvalue weighted by molar-refractivity contribution is 6.89. The molecule has 1 N–H and O–H groups in total. The van der Waals surface area contributed by atoms with Crippen LogP contribution >= 0.6 is 0 Å². The molecule has 0 radical (unpaired) electrons. The molecule has 0 bridgehead atoms. The molecule has 1 saturated heterocycles. The number of rotatable bonds is 1. The molecule has 0 saturated carbocycles. The number of aliphatic hydroxyl groups is 1. The fraction of sp³-hybridized carbons (Fsp3) is 0.727. The quantitative estimate of drug-likeness (QED) is 0.745. The monoisotopic (exact) mass is 372 g/mol. The van der Waals surface area contributed by atoms with Crippen molar-refractivity contribution < 1.29 is 14.6 Å². The van der Waals surface area contributed by atoms with Crippen LogP contribution in [0.15, 0.2) is 0 Å². The maximum atomic E-state index is 11.0. The van der Waals surface area contributed by atoms with E-state index in [1.165, 1.54) is 41.5 Å². The van der Waals surface area contributed by atoms with E-state index in [4.69, 9.17) is 9.47 Å². The highest BCUT2D eigenvalue weighted by Crippen LogP contribution is 2.66. The van der Waals surface area contributed by atoms with Crippen LogP contribution in [0, 0.1) is 0 Å². The third kappa shape index (κ3) is 2.10. The van der Waals surface area contributed by atoms with Crippen molar-refractivity contribution in [3.63, 3.8) is 0 Å². The van der Waals surface area contributed by atoms with Gasteiger partial charge in [0.25, 0.3) is 0 Å². The van der Waals surface area contributed by atoms with E-state index in [2.05, 4.69) is 19.6 Å². The minimum atomic E-state index is -1.54. The Bertz CT molecular complexity index is 792. The molecule has 3 atom stereocenters. The first kappa shape index (κ1) is 17.4. The minimum absolute atomic E-state index is 0.0153. The molecule has 1 heterocycles. The van der Waals surface area contributed by atoms with Gasteiger partial charge < -0.3 is 14.6 Å². The van der Waals surface area contributed by atoms with E-state index < -0.39 is 13.9 Å². The normalized spacial score (nSPS) is 34.4. The van der Waals surface area contributed by atoms with Crippen LogP contribution in [0.25, 0.3) is 0 Å². The Labute approximate surface area is 158 Å². The summed E-state index contributed by atoms with van der Waals surface area (Å²) in [6, 6.07) is 0. The summed E-state index contributed by atoms with van der Waals surface area (Å²) in [4.78, 5) is 0. The molecular formula is C22H32O3Si. The smallest absolute Gasteiger partial charge is 0.165 e. The summed E-state index contributed by atoms with van der Waals surface area (Å²) in [5.74, 6) is -0.545. The van der Waals surface area contributed by atoms with Crippen LogP contribution in [0.4, 0.5) is 0 Å². The molecule has 5 rings (SSSR count). The molecule has 3 aliphatic carbocycles. The fourth-order valence-electron chi connectivity index (χ4n) is 6.36. The van der Waals surface area contributed by atoms with Crippen LogP contribution in [0.3, 0.4) is 0 Å². The van der Waals surface area contributed by atoms with Crippen molar-refractivity contribution in [3.05, 3.63) is 27.8 Å². The third-order valence-corrected chi connectivity index (χ3v) is 9.04. The van der Waals surface area contributed by atoms with Gasteiger partial charge in [0.15, 0.2) is 5.79 Å². The van der Waals surface area contributed by atoms with Gasteiger partial charge in [-0.2, -0.15) is 0 Å². The van der Waals surface area contributed by atoms with Gasteiger partial charge in [0, 0.05) is 0 Å². The van der Waals surface area contributed by atoms with Crippen molar-refractivity contribution in [3.8, 4) is 0 Å². The van der Waals surface area contributed by atoms with Gasteiger partial charge in [-0.25, -0.2) is 0 Å². The lowest BCUT2D eigenvalue weighted by molar-refractivity contribution is -0.164. The topological polar surface area (TPSA) is 38.7 Å². The highest BCUT2D eigenvalue weighted by Gasteiger charge is 2.65. The number of hydrogen-bond donors (Lipinski definition) is 1. The van der Waals surface area contributed by atoms with Gasteiger partial charge >= 0.3 is 0 Å². The highest BCUT2D eigenvalue weighted by atomic mass is 28.3. The molecule has 0 aromatic heterocycles. The summed E-state index contributed by atoms with van der Waals surface area (Å²) in [5, 5.41) is 12.6. The first-order chi connectivity index (χ1) is 12.2. The van der Waals surface area contributed by atoms with Crippen LogP contribution in [0.1, 0.15) is 86.0 Å². The molecule has 1 fully saturated rings. The average molecular weight is 373 g/mol. The molecule has 4 aliphatic rings. The number of ether oxygens (including phenoxy) is 2. The Kier molecular flexibility index (Phi) is 3.50. The molecule has 4 heteroatoms. The third-order valence-electron chi connectivity index (χ3n) is 6.94. The molecule has 0 amide bonds. The van der Waals surface area contributed by atoms with Crippen molar-refractivity contribution >= 4 is 13.3 Å². The zero-order valence-corrected chi connectivity index (χ0v) is 17.9. The lowest BCUT2D eigenvalue weighted by Crippen LogP contribution is -2.51. The van der Waals surface area contributed by atoms with E-state index in [1.54, 1.807) is 10.8 Å². The first-order valence-electron chi connectivity index (χ1n) is 10.4. The molecule has 1 unspecified atom stereocenters. The van der Waals surface area contributed by atoms with Crippen molar-refractivity contribution in [1.29, 1.82) is 0 Å². The minimum Gasteiger partial charge on any atom is -0.388 e.